The first-order valence-corrected chi connectivity index (χ1v) is 6.40. The molecule has 2 aliphatic rings. The van der Waals surface area contributed by atoms with E-state index in [0.717, 1.165) is 32.1 Å². The van der Waals surface area contributed by atoms with Gasteiger partial charge in [0.25, 0.3) is 5.92 Å². The first kappa shape index (κ1) is 13.0. The molecule has 0 spiro atoms. The van der Waals surface area contributed by atoms with Crippen molar-refractivity contribution in [3.8, 4) is 0 Å². The van der Waals surface area contributed by atoms with Gasteiger partial charge in [0, 0.05) is 5.41 Å². The molecule has 0 aromatic rings. The molecule has 0 N–H and O–H groups in total. The Labute approximate surface area is 102 Å². The van der Waals surface area contributed by atoms with E-state index in [-0.39, 0.29) is 0 Å². The highest BCUT2D eigenvalue weighted by Crippen LogP contribution is 2.59. The van der Waals surface area contributed by atoms with Crippen molar-refractivity contribution in [1.29, 1.82) is 0 Å². The molecule has 0 amide bonds. The minimum Gasteiger partial charge on any atom is -0.381 e. The average Bonchev–Trinajstić information content (AvgIpc) is 2.74. The molecular weight excluding hydrogens is 222 g/mol. The lowest BCUT2D eigenvalue weighted by molar-refractivity contribution is -0.0502. The molecule has 1 heterocycles. The quantitative estimate of drug-likeness (QED) is 0.678. The van der Waals surface area contributed by atoms with Gasteiger partial charge in [-0.15, -0.1) is 0 Å². The smallest absolute Gasteiger partial charge is 0.271 e. The number of allylic oxidation sites excluding steroid dienone is 2. The fourth-order valence-electron chi connectivity index (χ4n) is 2.48. The van der Waals surface area contributed by atoms with E-state index in [9.17, 15) is 8.78 Å². The van der Waals surface area contributed by atoms with Gasteiger partial charge < -0.3 is 4.74 Å². The summed E-state index contributed by atoms with van der Waals surface area (Å²) in [4.78, 5) is 0. The maximum absolute atomic E-state index is 13.6. The van der Waals surface area contributed by atoms with E-state index in [1.807, 2.05) is 0 Å². The number of fused-ring (bicyclic) bond motifs is 1. The summed E-state index contributed by atoms with van der Waals surface area (Å²) in [7, 11) is 0. The minimum absolute atomic E-state index is 0.349. The molecule has 98 valence electrons. The topological polar surface area (TPSA) is 9.23 Å². The van der Waals surface area contributed by atoms with Crippen molar-refractivity contribution in [3.63, 3.8) is 0 Å². The fourth-order valence-corrected chi connectivity index (χ4v) is 2.48. The van der Waals surface area contributed by atoms with Gasteiger partial charge in [0.15, 0.2) is 0 Å². The molecule has 0 radical (unpaired) electrons. The number of halogens is 2. The highest BCUT2D eigenvalue weighted by molar-refractivity contribution is 5.08. The van der Waals surface area contributed by atoms with Gasteiger partial charge in [0.05, 0.1) is 13.2 Å². The van der Waals surface area contributed by atoms with Crippen LogP contribution in [-0.2, 0) is 4.74 Å². The van der Waals surface area contributed by atoms with Crippen LogP contribution in [-0.4, -0.2) is 19.1 Å². The van der Waals surface area contributed by atoms with Crippen LogP contribution in [0.3, 0.4) is 0 Å². The molecule has 3 heteroatoms. The summed E-state index contributed by atoms with van der Waals surface area (Å²) in [6.07, 6.45) is 5.70. The summed E-state index contributed by atoms with van der Waals surface area (Å²) in [5.74, 6) is -2.01. The molecule has 1 saturated carbocycles. The highest BCUT2D eigenvalue weighted by Gasteiger charge is 2.57. The summed E-state index contributed by atoms with van der Waals surface area (Å²) < 4.78 is 32.6. The summed E-state index contributed by atoms with van der Waals surface area (Å²) in [5.41, 5.74) is -0.651. The second-order valence-electron chi connectivity index (χ2n) is 6.59. The molecule has 0 aromatic carbocycles. The van der Waals surface area contributed by atoms with Crippen molar-refractivity contribution < 1.29 is 13.5 Å². The molecular formula is C14H22F2O. The van der Waals surface area contributed by atoms with Gasteiger partial charge in [-0.1, -0.05) is 26.8 Å². The maximum atomic E-state index is 13.6. The predicted molar refractivity (Wildman–Crippen MR) is 64.1 cm³/mol. The van der Waals surface area contributed by atoms with E-state index in [4.69, 9.17) is 4.74 Å². The monoisotopic (exact) mass is 244 g/mol. The Morgan fingerprint density at radius 3 is 2.53 bits per heavy atom. The van der Waals surface area contributed by atoms with E-state index < -0.39 is 11.3 Å². The molecule has 2 rings (SSSR count). The average molecular weight is 244 g/mol. The van der Waals surface area contributed by atoms with Crippen molar-refractivity contribution in [2.75, 3.05) is 13.2 Å². The molecule has 0 aromatic heterocycles. The van der Waals surface area contributed by atoms with Gasteiger partial charge in [-0.2, -0.15) is 0 Å². The van der Waals surface area contributed by atoms with E-state index in [0.29, 0.717) is 11.3 Å². The summed E-state index contributed by atoms with van der Waals surface area (Å²) in [5, 5.41) is 0. The van der Waals surface area contributed by atoms with Gasteiger partial charge >= 0.3 is 0 Å². The van der Waals surface area contributed by atoms with Gasteiger partial charge in [0.2, 0.25) is 0 Å². The third kappa shape index (κ3) is 2.54. The minimum atomic E-state index is -2.72. The van der Waals surface area contributed by atoms with Crippen LogP contribution in [0.25, 0.3) is 0 Å². The van der Waals surface area contributed by atoms with Crippen LogP contribution in [0.15, 0.2) is 12.2 Å². The van der Waals surface area contributed by atoms with Crippen LogP contribution < -0.4 is 0 Å². The first-order chi connectivity index (χ1) is 7.77. The molecule has 0 bridgehead atoms. The molecule has 2 fully saturated rings. The second kappa shape index (κ2) is 4.04. The van der Waals surface area contributed by atoms with E-state index in [2.05, 4.69) is 0 Å². The number of rotatable bonds is 4. The molecule has 1 saturated heterocycles. The molecule has 17 heavy (non-hydrogen) atoms. The Hall–Kier alpha value is -0.440. The van der Waals surface area contributed by atoms with Crippen LogP contribution in [0.1, 0.15) is 40.0 Å². The lowest BCUT2D eigenvalue weighted by Crippen LogP contribution is -2.31. The van der Waals surface area contributed by atoms with Gasteiger partial charge in [-0.25, -0.2) is 8.78 Å². The number of hydrogen-bond donors (Lipinski definition) is 0. The summed E-state index contributed by atoms with van der Waals surface area (Å²) >= 11 is 0. The van der Waals surface area contributed by atoms with Crippen molar-refractivity contribution in [2.24, 2.45) is 16.7 Å². The van der Waals surface area contributed by atoms with Gasteiger partial charge in [0.1, 0.15) is 0 Å². The van der Waals surface area contributed by atoms with E-state index in [1.165, 1.54) is 6.42 Å². The summed E-state index contributed by atoms with van der Waals surface area (Å²) in [6, 6.07) is 0. The Balaban J connectivity index is 1.79. The highest BCUT2D eigenvalue weighted by atomic mass is 19.3. The lowest BCUT2D eigenvalue weighted by Gasteiger charge is -2.27. The van der Waals surface area contributed by atoms with Crippen LogP contribution >= 0.6 is 0 Å². The second-order valence-corrected chi connectivity index (χ2v) is 6.59. The first-order valence-electron chi connectivity index (χ1n) is 6.40. The van der Waals surface area contributed by atoms with Crippen molar-refractivity contribution in [1.82, 2.24) is 0 Å². The number of alkyl halides is 2. The number of hydrogen-bond acceptors (Lipinski definition) is 1. The Bertz CT molecular complexity index is 317. The Morgan fingerprint density at radius 2 is 2.06 bits per heavy atom. The van der Waals surface area contributed by atoms with Gasteiger partial charge in [-0.05, 0) is 36.7 Å². The van der Waals surface area contributed by atoms with Crippen LogP contribution in [0, 0.1) is 16.7 Å². The zero-order chi connectivity index (χ0) is 12.7. The van der Waals surface area contributed by atoms with Gasteiger partial charge in [-0.3, -0.25) is 0 Å². The molecule has 1 nitrogen and oxygen atoms in total. The molecule has 1 aliphatic heterocycles. The van der Waals surface area contributed by atoms with Crippen molar-refractivity contribution in [2.45, 2.75) is 46.0 Å². The maximum Gasteiger partial charge on any atom is 0.271 e. The SMILES string of the molecule is CC(C)(C)C(F)(F)/C=C/CCC12COCC1C2. The van der Waals surface area contributed by atoms with Crippen LogP contribution in [0.4, 0.5) is 8.78 Å². The third-order valence-corrected chi connectivity index (χ3v) is 4.20. The molecule has 2 atom stereocenters. The molecule has 2 unspecified atom stereocenters. The van der Waals surface area contributed by atoms with E-state index >= 15 is 0 Å². The van der Waals surface area contributed by atoms with Crippen molar-refractivity contribution in [3.05, 3.63) is 12.2 Å². The third-order valence-electron chi connectivity index (χ3n) is 4.20. The fraction of sp³-hybridized carbons (Fsp3) is 0.857. The predicted octanol–water partition coefficient (Wildman–Crippen LogP) is 4.04. The summed E-state index contributed by atoms with van der Waals surface area (Å²) in [6.45, 7) is 6.41. The van der Waals surface area contributed by atoms with Crippen LogP contribution in [0.2, 0.25) is 0 Å². The number of ether oxygens (including phenoxy) is 1. The largest absolute Gasteiger partial charge is 0.381 e. The van der Waals surface area contributed by atoms with E-state index in [1.54, 1.807) is 26.8 Å². The normalized spacial score (nSPS) is 33.1. The Kier molecular flexibility index (Phi) is 3.09. The zero-order valence-corrected chi connectivity index (χ0v) is 10.9. The standard InChI is InChI=1S/C14H22F2O/c1-12(2,3)14(15,16)7-5-4-6-13-8-11(13)9-17-10-13/h5,7,11H,4,6,8-10H2,1-3H3/b7-5+. The van der Waals surface area contributed by atoms with Crippen LogP contribution in [0.5, 0.6) is 0 Å². The Morgan fingerprint density at radius 1 is 1.35 bits per heavy atom. The molecule has 1 aliphatic carbocycles. The zero-order valence-electron chi connectivity index (χ0n) is 10.9. The van der Waals surface area contributed by atoms with Crippen molar-refractivity contribution >= 4 is 0 Å². The lowest BCUT2D eigenvalue weighted by atomic mass is 9.87.